The molecule has 0 saturated carbocycles. The number of phenolic OH excluding ortho intramolecular Hbond substituents is 1. The van der Waals surface area contributed by atoms with Crippen LogP contribution in [0.2, 0.25) is 0 Å². The van der Waals surface area contributed by atoms with E-state index in [1.54, 1.807) is 6.07 Å². The van der Waals surface area contributed by atoms with Crippen LogP contribution >= 0.6 is 0 Å². The number of aliphatic hydroxyl groups is 1. The lowest BCUT2D eigenvalue weighted by Crippen LogP contribution is -2.55. The number of nitrogens with zero attached hydrogens (tertiary/aromatic N) is 1. The lowest BCUT2D eigenvalue weighted by atomic mass is 9.70. The smallest absolute Gasteiger partial charge is 0.419 e. The van der Waals surface area contributed by atoms with E-state index in [-0.39, 0.29) is 33.3 Å². The van der Waals surface area contributed by atoms with Gasteiger partial charge in [-0.05, 0) is 42.2 Å². The highest BCUT2D eigenvalue weighted by Gasteiger charge is 2.62. The van der Waals surface area contributed by atoms with Crippen molar-refractivity contribution in [2.45, 2.75) is 37.1 Å². The van der Waals surface area contributed by atoms with Crippen molar-refractivity contribution < 1.29 is 27.8 Å². The molecule has 1 heterocycles. The number of hydrogen-bond donors (Lipinski definition) is 4. The summed E-state index contributed by atoms with van der Waals surface area (Å²) in [4.78, 5) is 13.9. The normalized spacial score (nSPS) is 22.9. The van der Waals surface area contributed by atoms with Crippen LogP contribution in [-0.4, -0.2) is 27.0 Å². The molecule has 0 radical (unpaired) electrons. The lowest BCUT2D eigenvalue weighted by Gasteiger charge is -2.45. The van der Waals surface area contributed by atoms with Crippen LogP contribution in [-0.2, 0) is 0 Å². The van der Waals surface area contributed by atoms with Crippen molar-refractivity contribution >= 4 is 16.6 Å². The molecule has 0 spiro atoms. The van der Waals surface area contributed by atoms with Gasteiger partial charge in [-0.1, -0.05) is 13.0 Å². The number of hydrogen-bond acceptors (Lipinski definition) is 5. The third-order valence-corrected chi connectivity index (χ3v) is 5.90. The highest BCUT2D eigenvalue weighted by molar-refractivity contribution is 5.91. The Morgan fingerprint density at radius 2 is 1.94 bits per heavy atom. The van der Waals surface area contributed by atoms with E-state index in [1.165, 1.54) is 31.2 Å². The summed E-state index contributed by atoms with van der Waals surface area (Å²) in [7, 11) is 0. The first-order valence-corrected chi connectivity index (χ1v) is 9.61. The topological polar surface area (TPSA) is 109 Å². The molecular weight excluding hydrogens is 430 g/mol. The van der Waals surface area contributed by atoms with Gasteiger partial charge in [0.05, 0.1) is 17.1 Å². The van der Waals surface area contributed by atoms with Gasteiger partial charge in [0, 0.05) is 22.7 Å². The molecule has 0 fully saturated rings. The van der Waals surface area contributed by atoms with Gasteiger partial charge in [0.15, 0.2) is 5.60 Å². The third kappa shape index (κ3) is 3.17. The molecule has 1 aliphatic rings. The summed E-state index contributed by atoms with van der Waals surface area (Å²) in [6, 6.07) is 6.98. The van der Waals surface area contributed by atoms with Gasteiger partial charge in [-0.2, -0.15) is 18.4 Å². The molecule has 10 heteroatoms. The summed E-state index contributed by atoms with van der Waals surface area (Å²) in [6.45, 7) is 1.42. The van der Waals surface area contributed by atoms with Gasteiger partial charge in [-0.3, -0.25) is 4.79 Å². The zero-order chi connectivity index (χ0) is 23.4. The Balaban J connectivity index is 1.95. The van der Waals surface area contributed by atoms with Crippen LogP contribution in [0.25, 0.3) is 10.9 Å². The van der Waals surface area contributed by atoms with Crippen LogP contribution in [0.3, 0.4) is 0 Å². The van der Waals surface area contributed by atoms with E-state index < -0.39 is 47.3 Å². The molecule has 0 saturated heterocycles. The van der Waals surface area contributed by atoms with Crippen molar-refractivity contribution in [3.63, 3.8) is 0 Å². The summed E-state index contributed by atoms with van der Waals surface area (Å²) in [5.41, 5.74) is -4.01. The molecule has 3 atom stereocenters. The molecule has 0 amide bonds. The van der Waals surface area contributed by atoms with Crippen LogP contribution < -0.4 is 10.9 Å². The summed E-state index contributed by atoms with van der Waals surface area (Å²) in [5.74, 6) is -2.13. The Hall–Kier alpha value is -3.58. The molecule has 4 rings (SSSR count). The largest absolute Gasteiger partial charge is 0.506 e. The number of halogens is 4. The molecule has 4 N–H and O–H groups in total. The number of rotatable bonds is 2. The number of H-pyrrole nitrogens is 1. The number of pyridine rings is 1. The quantitative estimate of drug-likeness (QED) is 0.441. The van der Waals surface area contributed by atoms with E-state index in [0.717, 1.165) is 12.1 Å². The van der Waals surface area contributed by atoms with Gasteiger partial charge in [0.2, 0.25) is 5.56 Å². The summed E-state index contributed by atoms with van der Waals surface area (Å²) < 4.78 is 56.5. The van der Waals surface area contributed by atoms with Crippen molar-refractivity contribution in [3.05, 3.63) is 69.3 Å². The fraction of sp³-hybridized carbons (Fsp3) is 0.273. The second-order valence-corrected chi connectivity index (χ2v) is 7.89. The molecule has 2 aromatic carbocycles. The highest BCUT2D eigenvalue weighted by atomic mass is 19.4. The fourth-order valence-electron chi connectivity index (χ4n) is 4.40. The lowest BCUT2D eigenvalue weighted by molar-refractivity contribution is -0.272. The van der Waals surface area contributed by atoms with Crippen LogP contribution in [0, 0.1) is 17.1 Å². The molecule has 6 nitrogen and oxygen atoms in total. The Labute approximate surface area is 178 Å². The van der Waals surface area contributed by atoms with Crippen LogP contribution in [0.4, 0.5) is 23.2 Å². The number of nitriles is 1. The molecule has 1 aliphatic carbocycles. The average Bonchev–Trinajstić information content (AvgIpc) is 2.71. The second-order valence-electron chi connectivity index (χ2n) is 7.89. The fourth-order valence-corrected chi connectivity index (χ4v) is 4.40. The zero-order valence-corrected chi connectivity index (χ0v) is 16.6. The van der Waals surface area contributed by atoms with E-state index in [9.17, 15) is 37.8 Å². The second kappa shape index (κ2) is 7.24. The van der Waals surface area contributed by atoms with Crippen molar-refractivity contribution in [1.29, 1.82) is 5.26 Å². The predicted octanol–water partition coefficient (Wildman–Crippen LogP) is 4.20. The van der Waals surface area contributed by atoms with Gasteiger partial charge in [0.25, 0.3) is 0 Å². The van der Waals surface area contributed by atoms with Crippen molar-refractivity contribution in [1.82, 2.24) is 4.98 Å². The maximum atomic E-state index is 14.2. The van der Waals surface area contributed by atoms with Gasteiger partial charge < -0.3 is 20.5 Å². The van der Waals surface area contributed by atoms with Gasteiger partial charge in [-0.25, -0.2) is 4.39 Å². The van der Waals surface area contributed by atoms with E-state index in [4.69, 9.17) is 0 Å². The van der Waals surface area contributed by atoms with Gasteiger partial charge in [0.1, 0.15) is 17.6 Å². The van der Waals surface area contributed by atoms with E-state index in [2.05, 4.69) is 10.3 Å². The van der Waals surface area contributed by atoms with Gasteiger partial charge >= 0.3 is 6.18 Å². The van der Waals surface area contributed by atoms with Crippen LogP contribution in [0.15, 0.2) is 41.2 Å². The Bertz CT molecular complexity index is 1330. The zero-order valence-electron chi connectivity index (χ0n) is 16.6. The Kier molecular flexibility index (Phi) is 4.90. The monoisotopic (exact) mass is 447 g/mol. The summed E-state index contributed by atoms with van der Waals surface area (Å²) >= 11 is 0. The standard InChI is InChI=1S/C22H17F4N3O3/c1-10-8-21(32,22(24,25)26)20(13-3-2-11(9-27)19(31)17(10)13)28-15-6-5-14(23)18-12(15)4-7-16(30)29-18/h2-7,10,20,28,31-32H,8H2,1H3,(H,29,30)/t10-,20-,21+/m0/s1. The molecule has 166 valence electrons. The van der Waals surface area contributed by atoms with Crippen molar-refractivity contribution in [2.75, 3.05) is 5.32 Å². The van der Waals surface area contributed by atoms with Crippen LogP contribution in [0.5, 0.6) is 5.75 Å². The number of aromatic amines is 1. The number of alkyl halides is 3. The molecule has 0 unspecified atom stereocenters. The number of nitrogens with one attached hydrogen (secondary N) is 2. The van der Waals surface area contributed by atoms with E-state index in [0.29, 0.717) is 0 Å². The van der Waals surface area contributed by atoms with Crippen molar-refractivity contribution in [2.24, 2.45) is 0 Å². The first kappa shape index (κ1) is 21.6. The summed E-state index contributed by atoms with van der Waals surface area (Å²) in [5, 5.41) is 33.3. The van der Waals surface area contributed by atoms with E-state index in [1.807, 2.05) is 0 Å². The molecule has 0 bridgehead atoms. The molecule has 0 aliphatic heterocycles. The number of aromatic hydroxyl groups is 1. The minimum absolute atomic E-state index is 0.0367. The van der Waals surface area contributed by atoms with Gasteiger partial charge in [-0.15, -0.1) is 0 Å². The molecule has 3 aromatic rings. The minimum atomic E-state index is -5.05. The maximum absolute atomic E-state index is 14.2. The maximum Gasteiger partial charge on any atom is 0.419 e. The molecule has 1 aromatic heterocycles. The number of anilines is 1. The minimum Gasteiger partial charge on any atom is -0.506 e. The Morgan fingerprint density at radius 1 is 1.22 bits per heavy atom. The first-order chi connectivity index (χ1) is 15.0. The number of aromatic nitrogens is 1. The summed E-state index contributed by atoms with van der Waals surface area (Å²) in [6.07, 6.45) is -5.83. The number of fused-ring (bicyclic) bond motifs is 2. The third-order valence-electron chi connectivity index (χ3n) is 5.90. The molecular formula is C22H17F4N3O3. The van der Waals surface area contributed by atoms with Crippen molar-refractivity contribution in [3.8, 4) is 11.8 Å². The number of benzene rings is 2. The SMILES string of the molecule is C[C@H]1C[C@](O)(C(F)(F)F)[C@@H](Nc2ccc(F)c3[nH]c(=O)ccc23)c2ccc(C#N)c(O)c21. The predicted molar refractivity (Wildman–Crippen MR) is 108 cm³/mol. The first-order valence-electron chi connectivity index (χ1n) is 9.61. The molecule has 32 heavy (non-hydrogen) atoms. The number of phenols is 1. The van der Waals surface area contributed by atoms with Crippen LogP contribution in [0.1, 0.15) is 42.0 Å². The Morgan fingerprint density at radius 3 is 2.59 bits per heavy atom. The average molecular weight is 447 g/mol. The van der Waals surface area contributed by atoms with E-state index >= 15 is 0 Å². The highest BCUT2D eigenvalue weighted by Crippen LogP contribution is 2.54.